The quantitative estimate of drug-likeness (QED) is 0.921. The average Bonchev–Trinajstić information content (AvgIpc) is 2.26. The first kappa shape index (κ1) is 13.0. The Morgan fingerprint density at radius 2 is 2.19 bits per heavy atom. The SMILES string of the molecule is COc1ccc(Br)cc1N(C)C(=O)C(C)N. The summed E-state index contributed by atoms with van der Waals surface area (Å²) in [6.45, 7) is 1.66. The highest BCUT2D eigenvalue weighted by Gasteiger charge is 2.18. The predicted molar refractivity (Wildman–Crippen MR) is 67.8 cm³/mol. The zero-order valence-corrected chi connectivity index (χ0v) is 11.1. The van der Waals surface area contributed by atoms with Crippen LogP contribution < -0.4 is 15.4 Å². The Hall–Kier alpha value is -1.07. The molecule has 0 aliphatic carbocycles. The number of likely N-dealkylation sites (N-methyl/N-ethyl adjacent to an activating group) is 1. The van der Waals surface area contributed by atoms with E-state index in [1.807, 2.05) is 12.1 Å². The molecule has 0 heterocycles. The lowest BCUT2D eigenvalue weighted by Crippen LogP contribution is -2.39. The molecule has 0 aliphatic heterocycles. The van der Waals surface area contributed by atoms with Crippen LogP contribution in [0.5, 0.6) is 5.75 Å². The molecule has 0 aliphatic rings. The van der Waals surface area contributed by atoms with Gasteiger partial charge >= 0.3 is 0 Å². The van der Waals surface area contributed by atoms with Crippen LogP contribution in [0.15, 0.2) is 22.7 Å². The minimum atomic E-state index is -0.534. The third kappa shape index (κ3) is 2.74. The van der Waals surface area contributed by atoms with Gasteiger partial charge in [-0.3, -0.25) is 4.79 Å². The van der Waals surface area contributed by atoms with Gasteiger partial charge in [0.2, 0.25) is 5.91 Å². The first-order valence-electron chi connectivity index (χ1n) is 4.84. The van der Waals surface area contributed by atoms with Crippen molar-refractivity contribution in [1.82, 2.24) is 0 Å². The van der Waals surface area contributed by atoms with Crippen LogP contribution in [0.4, 0.5) is 5.69 Å². The molecule has 1 amide bonds. The normalized spacial score (nSPS) is 12.1. The first-order valence-corrected chi connectivity index (χ1v) is 5.63. The summed E-state index contributed by atoms with van der Waals surface area (Å²) < 4.78 is 6.08. The van der Waals surface area contributed by atoms with Crippen molar-refractivity contribution < 1.29 is 9.53 Å². The highest BCUT2D eigenvalue weighted by Crippen LogP contribution is 2.30. The monoisotopic (exact) mass is 286 g/mol. The van der Waals surface area contributed by atoms with Crippen molar-refractivity contribution in [2.24, 2.45) is 5.73 Å². The molecule has 1 aromatic rings. The van der Waals surface area contributed by atoms with E-state index < -0.39 is 6.04 Å². The number of halogens is 1. The number of nitrogens with zero attached hydrogens (tertiary/aromatic N) is 1. The van der Waals surface area contributed by atoms with Gasteiger partial charge in [-0.15, -0.1) is 0 Å². The van der Waals surface area contributed by atoms with Gasteiger partial charge in [0.1, 0.15) is 5.75 Å². The molecule has 88 valence electrons. The highest BCUT2D eigenvalue weighted by atomic mass is 79.9. The number of ether oxygens (including phenoxy) is 1. The van der Waals surface area contributed by atoms with Gasteiger partial charge in [0.25, 0.3) is 0 Å². The van der Waals surface area contributed by atoms with Crippen LogP contribution in [0.2, 0.25) is 0 Å². The Kier molecular flexibility index (Phi) is 4.32. The van der Waals surface area contributed by atoms with E-state index >= 15 is 0 Å². The second-order valence-electron chi connectivity index (χ2n) is 3.50. The number of benzene rings is 1. The number of carbonyl (C=O) groups excluding carboxylic acids is 1. The zero-order chi connectivity index (χ0) is 12.3. The molecule has 0 spiro atoms. The number of hydrogen-bond donors (Lipinski definition) is 1. The lowest BCUT2D eigenvalue weighted by Gasteiger charge is -2.21. The van der Waals surface area contributed by atoms with Gasteiger partial charge in [-0.2, -0.15) is 0 Å². The summed E-state index contributed by atoms with van der Waals surface area (Å²) in [5.74, 6) is 0.483. The third-order valence-corrected chi connectivity index (χ3v) is 2.72. The van der Waals surface area contributed by atoms with E-state index in [-0.39, 0.29) is 5.91 Å². The Balaban J connectivity index is 3.11. The average molecular weight is 287 g/mol. The van der Waals surface area contributed by atoms with Crippen LogP contribution in [0.25, 0.3) is 0 Å². The second-order valence-corrected chi connectivity index (χ2v) is 4.42. The third-order valence-electron chi connectivity index (χ3n) is 2.22. The molecule has 1 aromatic carbocycles. The van der Waals surface area contributed by atoms with Gasteiger partial charge in [0, 0.05) is 11.5 Å². The van der Waals surface area contributed by atoms with E-state index in [9.17, 15) is 4.79 Å². The second kappa shape index (κ2) is 5.32. The molecule has 0 saturated heterocycles. The van der Waals surface area contributed by atoms with Gasteiger partial charge in [-0.25, -0.2) is 0 Å². The summed E-state index contributed by atoms with van der Waals surface area (Å²) in [6.07, 6.45) is 0. The maximum Gasteiger partial charge on any atom is 0.243 e. The van der Waals surface area contributed by atoms with Gasteiger partial charge in [0.05, 0.1) is 18.8 Å². The number of anilines is 1. The van der Waals surface area contributed by atoms with E-state index in [0.29, 0.717) is 11.4 Å². The molecule has 4 nitrogen and oxygen atoms in total. The van der Waals surface area contributed by atoms with Crippen molar-refractivity contribution in [1.29, 1.82) is 0 Å². The molecule has 5 heteroatoms. The van der Waals surface area contributed by atoms with Gasteiger partial charge in [0.15, 0.2) is 0 Å². The molecule has 0 radical (unpaired) electrons. The van der Waals surface area contributed by atoms with Gasteiger partial charge in [-0.1, -0.05) is 15.9 Å². The molecular formula is C11H15BrN2O2. The number of nitrogens with two attached hydrogens (primary N) is 1. The molecule has 0 fully saturated rings. The van der Waals surface area contributed by atoms with Crippen molar-refractivity contribution in [3.63, 3.8) is 0 Å². The molecule has 1 atom stereocenters. The Labute approximate surface area is 103 Å². The molecule has 0 aromatic heterocycles. The van der Waals surface area contributed by atoms with E-state index in [4.69, 9.17) is 10.5 Å². The summed E-state index contributed by atoms with van der Waals surface area (Å²) in [4.78, 5) is 13.2. The standard InChI is InChI=1S/C11H15BrN2O2/c1-7(13)11(15)14(2)9-6-8(12)4-5-10(9)16-3/h4-7H,13H2,1-3H3. The molecular weight excluding hydrogens is 272 g/mol. The van der Waals surface area contributed by atoms with Crippen LogP contribution >= 0.6 is 15.9 Å². The van der Waals surface area contributed by atoms with E-state index in [1.54, 1.807) is 27.1 Å². The van der Waals surface area contributed by atoms with Crippen molar-refractivity contribution in [3.8, 4) is 5.75 Å². The Morgan fingerprint density at radius 3 is 2.69 bits per heavy atom. The van der Waals surface area contributed by atoms with E-state index in [1.165, 1.54) is 4.90 Å². The van der Waals surface area contributed by atoms with Crippen LogP contribution in [0.3, 0.4) is 0 Å². The number of rotatable bonds is 3. The molecule has 1 unspecified atom stereocenters. The molecule has 2 N–H and O–H groups in total. The maximum absolute atomic E-state index is 11.8. The maximum atomic E-state index is 11.8. The minimum absolute atomic E-state index is 0.156. The molecule has 16 heavy (non-hydrogen) atoms. The summed E-state index contributed by atoms with van der Waals surface area (Å²) in [5.41, 5.74) is 6.25. The van der Waals surface area contributed by atoms with Crippen LogP contribution in [-0.2, 0) is 4.79 Å². The van der Waals surface area contributed by atoms with Crippen molar-refractivity contribution >= 4 is 27.5 Å². The van der Waals surface area contributed by atoms with Crippen LogP contribution in [-0.4, -0.2) is 26.1 Å². The lowest BCUT2D eigenvalue weighted by molar-refractivity contribution is -0.119. The van der Waals surface area contributed by atoms with E-state index in [2.05, 4.69) is 15.9 Å². The fourth-order valence-corrected chi connectivity index (χ4v) is 1.70. The largest absolute Gasteiger partial charge is 0.495 e. The fourth-order valence-electron chi connectivity index (χ4n) is 1.35. The molecule has 0 saturated carbocycles. The van der Waals surface area contributed by atoms with Crippen LogP contribution in [0.1, 0.15) is 6.92 Å². The molecule has 1 rings (SSSR count). The number of carbonyl (C=O) groups is 1. The van der Waals surface area contributed by atoms with Gasteiger partial charge < -0.3 is 15.4 Å². The highest BCUT2D eigenvalue weighted by molar-refractivity contribution is 9.10. The van der Waals surface area contributed by atoms with Gasteiger partial charge in [-0.05, 0) is 25.1 Å². The summed E-state index contributed by atoms with van der Waals surface area (Å²) in [6, 6.07) is 4.93. The fraction of sp³-hybridized carbons (Fsp3) is 0.364. The lowest BCUT2D eigenvalue weighted by atomic mass is 10.2. The number of amides is 1. The predicted octanol–water partition coefficient (Wildman–Crippen LogP) is 1.77. The smallest absolute Gasteiger partial charge is 0.243 e. The summed E-state index contributed by atoms with van der Waals surface area (Å²) in [7, 11) is 3.24. The van der Waals surface area contributed by atoms with Crippen molar-refractivity contribution in [2.45, 2.75) is 13.0 Å². The summed E-state index contributed by atoms with van der Waals surface area (Å²) in [5, 5.41) is 0. The Bertz CT molecular complexity index is 394. The number of methoxy groups -OCH3 is 1. The molecule has 0 bridgehead atoms. The van der Waals surface area contributed by atoms with E-state index in [0.717, 1.165) is 4.47 Å². The number of hydrogen-bond acceptors (Lipinski definition) is 3. The van der Waals surface area contributed by atoms with Crippen molar-refractivity contribution in [3.05, 3.63) is 22.7 Å². The summed E-state index contributed by atoms with van der Waals surface area (Å²) >= 11 is 3.36. The zero-order valence-electron chi connectivity index (χ0n) is 9.53. The first-order chi connectivity index (χ1) is 7.47. The topological polar surface area (TPSA) is 55.6 Å². The van der Waals surface area contributed by atoms with Crippen LogP contribution in [0, 0.1) is 0 Å². The van der Waals surface area contributed by atoms with Crippen molar-refractivity contribution in [2.75, 3.05) is 19.1 Å². The Morgan fingerprint density at radius 1 is 1.56 bits per heavy atom. The minimum Gasteiger partial charge on any atom is -0.495 e.